The van der Waals surface area contributed by atoms with Gasteiger partial charge in [0.05, 0.1) is 16.6 Å². The van der Waals surface area contributed by atoms with Gasteiger partial charge in [-0.2, -0.15) is 5.26 Å². The molecule has 1 N–H and O–H groups in total. The molecule has 1 amide bonds. The Morgan fingerprint density at radius 3 is 2.57 bits per heavy atom. The largest absolute Gasteiger partial charge is 0.489 e. The zero-order valence-electron chi connectivity index (χ0n) is 16.5. The van der Waals surface area contributed by atoms with Crippen LogP contribution in [0.15, 0.2) is 60.7 Å². The summed E-state index contributed by atoms with van der Waals surface area (Å²) in [7, 11) is 0. The van der Waals surface area contributed by atoms with Crippen LogP contribution >= 0.6 is 0 Å². The van der Waals surface area contributed by atoms with E-state index in [1.165, 1.54) is 18.2 Å². The summed E-state index contributed by atoms with van der Waals surface area (Å²) in [5.41, 5.74) is 3.74. The molecule has 0 aliphatic rings. The fourth-order valence-corrected chi connectivity index (χ4v) is 2.97. The first-order valence-corrected chi connectivity index (χ1v) is 9.16. The first-order chi connectivity index (χ1) is 14.4. The maximum Gasteiger partial charge on any atom is 0.269 e. The molecule has 0 bridgehead atoms. The fourth-order valence-electron chi connectivity index (χ4n) is 2.97. The molecule has 0 radical (unpaired) electrons. The molecule has 0 atom stereocenters. The van der Waals surface area contributed by atoms with E-state index in [1.807, 2.05) is 19.1 Å². The van der Waals surface area contributed by atoms with Gasteiger partial charge in [-0.15, -0.1) is 0 Å². The Morgan fingerprint density at radius 2 is 1.90 bits per heavy atom. The predicted molar refractivity (Wildman–Crippen MR) is 112 cm³/mol. The smallest absolute Gasteiger partial charge is 0.269 e. The number of hydrogen-bond donors (Lipinski definition) is 1. The van der Waals surface area contributed by atoms with Gasteiger partial charge in [0, 0.05) is 23.4 Å². The van der Waals surface area contributed by atoms with E-state index in [9.17, 15) is 14.9 Å². The van der Waals surface area contributed by atoms with E-state index in [2.05, 4.69) is 11.4 Å². The Kier molecular flexibility index (Phi) is 6.08. The molecule has 150 valence electrons. The van der Waals surface area contributed by atoms with Crippen LogP contribution in [0.1, 0.15) is 32.6 Å². The third-order valence-electron chi connectivity index (χ3n) is 4.57. The SMILES string of the molecule is Cc1cc(OCc2cccc(C#N)c2)ccc1NC(=O)c1ccc([N+](=O)[O-])cc1C. The lowest BCUT2D eigenvalue weighted by atomic mass is 10.1. The molecular weight excluding hydrogens is 382 g/mol. The van der Waals surface area contributed by atoms with E-state index in [1.54, 1.807) is 37.3 Å². The highest BCUT2D eigenvalue weighted by Crippen LogP contribution is 2.24. The maximum atomic E-state index is 12.6. The second kappa shape index (κ2) is 8.88. The number of nitrogens with one attached hydrogen (secondary N) is 1. The summed E-state index contributed by atoms with van der Waals surface area (Å²) in [6.07, 6.45) is 0. The quantitative estimate of drug-likeness (QED) is 0.466. The highest BCUT2D eigenvalue weighted by Gasteiger charge is 2.14. The van der Waals surface area contributed by atoms with Crippen LogP contribution in [-0.2, 0) is 6.61 Å². The van der Waals surface area contributed by atoms with E-state index in [-0.39, 0.29) is 11.6 Å². The molecule has 3 aromatic carbocycles. The molecule has 30 heavy (non-hydrogen) atoms. The average molecular weight is 401 g/mol. The number of benzene rings is 3. The lowest BCUT2D eigenvalue weighted by Gasteiger charge is -2.12. The highest BCUT2D eigenvalue weighted by atomic mass is 16.6. The van der Waals surface area contributed by atoms with Gasteiger partial charge in [-0.3, -0.25) is 14.9 Å². The Morgan fingerprint density at radius 1 is 1.10 bits per heavy atom. The summed E-state index contributed by atoms with van der Waals surface area (Å²) in [6.45, 7) is 3.83. The van der Waals surface area contributed by atoms with Gasteiger partial charge in [0.2, 0.25) is 0 Å². The normalized spacial score (nSPS) is 10.2. The monoisotopic (exact) mass is 401 g/mol. The highest BCUT2D eigenvalue weighted by molar-refractivity contribution is 6.05. The Balaban J connectivity index is 1.68. The van der Waals surface area contributed by atoms with Crippen molar-refractivity contribution in [3.63, 3.8) is 0 Å². The van der Waals surface area contributed by atoms with Gasteiger partial charge >= 0.3 is 0 Å². The molecule has 0 spiro atoms. The number of non-ortho nitro benzene ring substituents is 1. The summed E-state index contributed by atoms with van der Waals surface area (Å²) in [4.78, 5) is 23.0. The first-order valence-electron chi connectivity index (χ1n) is 9.16. The molecule has 0 aliphatic heterocycles. The zero-order valence-corrected chi connectivity index (χ0v) is 16.5. The summed E-state index contributed by atoms with van der Waals surface area (Å²) < 4.78 is 5.79. The summed E-state index contributed by atoms with van der Waals surface area (Å²) in [5.74, 6) is 0.298. The van der Waals surface area contributed by atoms with E-state index in [4.69, 9.17) is 10.00 Å². The number of nitro groups is 1. The molecule has 0 saturated heterocycles. The topological polar surface area (TPSA) is 105 Å². The zero-order chi connectivity index (χ0) is 21.7. The first kappa shape index (κ1) is 20.6. The average Bonchev–Trinajstić information content (AvgIpc) is 2.73. The molecule has 3 aromatic rings. The van der Waals surface area contributed by atoms with Gasteiger partial charge in [0.25, 0.3) is 11.6 Å². The van der Waals surface area contributed by atoms with Crippen LogP contribution in [0, 0.1) is 35.3 Å². The van der Waals surface area contributed by atoms with Crippen molar-refractivity contribution in [2.45, 2.75) is 20.5 Å². The van der Waals surface area contributed by atoms with Crippen molar-refractivity contribution in [2.75, 3.05) is 5.32 Å². The van der Waals surface area contributed by atoms with Gasteiger partial charge in [0.1, 0.15) is 12.4 Å². The maximum absolute atomic E-state index is 12.6. The number of amides is 1. The number of carbonyl (C=O) groups excluding carboxylic acids is 1. The van der Waals surface area contributed by atoms with Crippen LogP contribution in [0.4, 0.5) is 11.4 Å². The number of carbonyl (C=O) groups is 1. The number of ether oxygens (including phenoxy) is 1. The van der Waals surface area contributed by atoms with Crippen molar-refractivity contribution < 1.29 is 14.5 Å². The van der Waals surface area contributed by atoms with Crippen LogP contribution in [0.3, 0.4) is 0 Å². The van der Waals surface area contributed by atoms with Crippen molar-refractivity contribution in [3.8, 4) is 11.8 Å². The molecular formula is C23H19N3O4. The van der Waals surface area contributed by atoms with Crippen molar-refractivity contribution >= 4 is 17.3 Å². The van der Waals surface area contributed by atoms with Crippen molar-refractivity contribution in [2.24, 2.45) is 0 Å². The van der Waals surface area contributed by atoms with Gasteiger partial charge in [-0.1, -0.05) is 12.1 Å². The predicted octanol–water partition coefficient (Wildman–Crippen LogP) is 4.91. The molecule has 0 aromatic heterocycles. The summed E-state index contributed by atoms with van der Waals surface area (Å²) in [5, 5.41) is 22.7. The molecule has 7 nitrogen and oxygen atoms in total. The molecule has 0 unspecified atom stereocenters. The Labute approximate surface area is 173 Å². The van der Waals surface area contributed by atoms with Crippen molar-refractivity contribution in [1.82, 2.24) is 0 Å². The molecule has 3 rings (SSSR count). The molecule has 0 aliphatic carbocycles. The third kappa shape index (κ3) is 4.80. The van der Waals surface area contributed by atoms with Gasteiger partial charge in [0.15, 0.2) is 0 Å². The molecule has 7 heteroatoms. The third-order valence-corrected chi connectivity index (χ3v) is 4.57. The van der Waals surface area contributed by atoms with Crippen molar-refractivity contribution in [3.05, 3.63) is 98.6 Å². The van der Waals surface area contributed by atoms with Gasteiger partial charge < -0.3 is 10.1 Å². The standard InChI is InChI=1S/C23H19N3O4/c1-15-10-19(26(28)29)6-8-21(15)23(27)25-22-9-7-20(11-16(22)2)30-14-18-5-3-4-17(12-18)13-24/h3-12H,14H2,1-2H3,(H,25,27). The van der Waals surface area contributed by atoms with E-state index in [0.717, 1.165) is 11.1 Å². The minimum Gasteiger partial charge on any atom is -0.489 e. The van der Waals surface area contributed by atoms with Crippen LogP contribution < -0.4 is 10.1 Å². The van der Waals surface area contributed by atoms with Crippen LogP contribution in [0.2, 0.25) is 0 Å². The Bertz CT molecular complexity index is 1170. The molecule has 0 fully saturated rings. The second-order valence-electron chi connectivity index (χ2n) is 6.79. The van der Waals surface area contributed by atoms with Gasteiger partial charge in [-0.25, -0.2) is 0 Å². The number of nitrogens with zero attached hydrogens (tertiary/aromatic N) is 2. The van der Waals surface area contributed by atoms with E-state index < -0.39 is 4.92 Å². The fraction of sp³-hybridized carbons (Fsp3) is 0.130. The molecule has 0 saturated carbocycles. The second-order valence-corrected chi connectivity index (χ2v) is 6.79. The van der Waals surface area contributed by atoms with Crippen LogP contribution in [-0.4, -0.2) is 10.8 Å². The number of nitriles is 1. The lowest BCUT2D eigenvalue weighted by molar-refractivity contribution is -0.384. The number of aryl methyl sites for hydroxylation is 2. The number of nitro benzene ring substituents is 1. The van der Waals surface area contributed by atoms with Crippen molar-refractivity contribution in [1.29, 1.82) is 5.26 Å². The van der Waals surface area contributed by atoms with E-state index >= 15 is 0 Å². The number of anilines is 1. The van der Waals surface area contributed by atoms with Crippen LogP contribution in [0.5, 0.6) is 5.75 Å². The summed E-state index contributed by atoms with van der Waals surface area (Å²) in [6, 6.07) is 18.7. The molecule has 0 heterocycles. The Hall–Kier alpha value is -4.18. The van der Waals surface area contributed by atoms with Gasteiger partial charge in [-0.05, 0) is 66.9 Å². The number of rotatable bonds is 6. The minimum absolute atomic E-state index is 0.0537. The van der Waals surface area contributed by atoms with E-state index in [0.29, 0.717) is 34.7 Å². The minimum atomic E-state index is -0.492. The summed E-state index contributed by atoms with van der Waals surface area (Å²) >= 11 is 0. The number of hydrogen-bond acceptors (Lipinski definition) is 5. The lowest BCUT2D eigenvalue weighted by Crippen LogP contribution is -2.14. The van der Waals surface area contributed by atoms with Crippen LogP contribution in [0.25, 0.3) is 0 Å².